The van der Waals surface area contributed by atoms with Crippen molar-refractivity contribution in [3.8, 4) is 11.7 Å². The molecule has 0 radical (unpaired) electrons. The molecule has 0 saturated heterocycles. The van der Waals surface area contributed by atoms with Gasteiger partial charge < -0.3 is 14.2 Å². The van der Waals surface area contributed by atoms with Crippen molar-refractivity contribution >= 4 is 5.91 Å². The molecule has 0 saturated carbocycles. The third-order valence-corrected chi connectivity index (χ3v) is 2.15. The van der Waals surface area contributed by atoms with E-state index in [9.17, 15) is 9.59 Å². The van der Waals surface area contributed by atoms with Gasteiger partial charge >= 0.3 is 5.76 Å². The van der Waals surface area contributed by atoms with Crippen LogP contribution in [-0.2, 0) is 11.3 Å². The Morgan fingerprint density at radius 2 is 2.21 bits per heavy atom. The Balaban J connectivity index is 2.14. The van der Waals surface area contributed by atoms with Crippen LogP contribution < -0.4 is 11.1 Å². The molecule has 2 aromatic rings. The molecule has 0 aliphatic carbocycles. The molecule has 2 aromatic heterocycles. The maximum Gasteiger partial charge on any atom is 0.437 e. The number of carbonyl (C=O) groups is 1. The van der Waals surface area contributed by atoms with Crippen LogP contribution in [0.25, 0.3) is 11.7 Å². The normalized spacial score (nSPS) is 11.5. The van der Waals surface area contributed by atoms with Crippen LogP contribution in [0.4, 0.5) is 0 Å². The number of carbonyl (C=O) groups excluding carboxylic acids is 1. The van der Waals surface area contributed by atoms with Crippen LogP contribution in [-0.4, -0.2) is 21.2 Å². The fourth-order valence-electron chi connectivity index (χ4n) is 1.50. The second kappa shape index (κ2) is 4.75. The molecule has 2 rings (SSSR count). The van der Waals surface area contributed by atoms with Crippen molar-refractivity contribution in [3.05, 3.63) is 28.9 Å². The third-order valence-electron chi connectivity index (χ3n) is 2.15. The second-order valence-electron chi connectivity index (χ2n) is 5.11. The van der Waals surface area contributed by atoms with Gasteiger partial charge in [0.25, 0.3) is 5.89 Å². The summed E-state index contributed by atoms with van der Waals surface area (Å²) in [4.78, 5) is 23.2. The van der Waals surface area contributed by atoms with Crippen molar-refractivity contribution in [3.63, 3.8) is 0 Å². The maximum atomic E-state index is 11.7. The predicted octanol–water partition coefficient (Wildman–Crippen LogP) is 1.01. The first-order chi connectivity index (χ1) is 8.85. The molecule has 7 nitrogen and oxygen atoms in total. The number of aromatic nitrogens is 2. The molecular formula is C12H15N3O4. The van der Waals surface area contributed by atoms with Gasteiger partial charge in [0.1, 0.15) is 6.54 Å². The van der Waals surface area contributed by atoms with Gasteiger partial charge in [-0.1, -0.05) is 0 Å². The minimum absolute atomic E-state index is 0.0542. The zero-order valence-corrected chi connectivity index (χ0v) is 11.0. The number of hydrogen-bond acceptors (Lipinski definition) is 5. The molecule has 102 valence electrons. The fraction of sp³-hybridized carbons (Fsp3) is 0.417. The summed E-state index contributed by atoms with van der Waals surface area (Å²) in [6.07, 6.45) is 1.45. The van der Waals surface area contributed by atoms with Gasteiger partial charge in [-0.3, -0.25) is 4.79 Å². The highest BCUT2D eigenvalue weighted by atomic mass is 16.4. The highest BCUT2D eigenvalue weighted by Crippen LogP contribution is 2.14. The van der Waals surface area contributed by atoms with Crippen molar-refractivity contribution in [1.29, 1.82) is 0 Å². The lowest BCUT2D eigenvalue weighted by Gasteiger charge is -2.19. The Labute approximate surface area is 109 Å². The minimum Gasteiger partial charge on any atom is -0.459 e. The zero-order chi connectivity index (χ0) is 14.0. The number of furan rings is 1. The summed E-state index contributed by atoms with van der Waals surface area (Å²) in [5, 5.41) is 6.64. The van der Waals surface area contributed by atoms with E-state index >= 15 is 0 Å². The standard InChI is InChI=1S/C12H15N3O4/c1-12(2,3)13-9(16)7-15-11(17)19-10(14-15)8-5-4-6-18-8/h4-6H,7H2,1-3H3,(H,13,16). The Hall–Kier alpha value is -2.31. The first-order valence-electron chi connectivity index (χ1n) is 5.78. The van der Waals surface area contributed by atoms with Crippen molar-refractivity contribution < 1.29 is 13.6 Å². The number of hydrogen-bond donors (Lipinski definition) is 1. The molecule has 0 fully saturated rings. The predicted molar refractivity (Wildman–Crippen MR) is 66.4 cm³/mol. The van der Waals surface area contributed by atoms with E-state index < -0.39 is 5.76 Å². The molecule has 0 aliphatic rings. The van der Waals surface area contributed by atoms with Crippen LogP contribution >= 0.6 is 0 Å². The lowest BCUT2D eigenvalue weighted by Crippen LogP contribution is -2.43. The van der Waals surface area contributed by atoms with Gasteiger partial charge in [-0.2, -0.15) is 4.68 Å². The van der Waals surface area contributed by atoms with Gasteiger partial charge in [0.05, 0.1) is 6.26 Å². The van der Waals surface area contributed by atoms with Gasteiger partial charge in [-0.25, -0.2) is 4.79 Å². The molecule has 7 heteroatoms. The highest BCUT2D eigenvalue weighted by Gasteiger charge is 2.18. The quantitative estimate of drug-likeness (QED) is 0.894. The lowest BCUT2D eigenvalue weighted by atomic mass is 10.1. The molecule has 0 aromatic carbocycles. The van der Waals surface area contributed by atoms with Gasteiger partial charge in [-0.05, 0) is 32.9 Å². The Morgan fingerprint density at radius 1 is 1.47 bits per heavy atom. The average Bonchev–Trinajstić information content (AvgIpc) is 2.85. The highest BCUT2D eigenvalue weighted by molar-refractivity contribution is 5.76. The van der Waals surface area contributed by atoms with Crippen molar-refractivity contribution in [2.75, 3.05) is 0 Å². The molecule has 1 amide bonds. The number of nitrogens with one attached hydrogen (secondary N) is 1. The van der Waals surface area contributed by atoms with E-state index in [4.69, 9.17) is 8.83 Å². The molecule has 2 heterocycles. The van der Waals surface area contributed by atoms with Crippen LogP contribution in [0.1, 0.15) is 20.8 Å². The summed E-state index contributed by atoms with van der Waals surface area (Å²) in [5.74, 6) is -0.616. The van der Waals surface area contributed by atoms with E-state index in [1.807, 2.05) is 20.8 Å². The first-order valence-corrected chi connectivity index (χ1v) is 5.78. The molecule has 0 unspecified atom stereocenters. The topological polar surface area (TPSA) is 90.3 Å². The van der Waals surface area contributed by atoms with Crippen LogP contribution in [0.2, 0.25) is 0 Å². The van der Waals surface area contributed by atoms with E-state index in [2.05, 4.69) is 10.4 Å². The monoisotopic (exact) mass is 265 g/mol. The summed E-state index contributed by atoms with van der Waals surface area (Å²) in [7, 11) is 0. The van der Waals surface area contributed by atoms with E-state index in [-0.39, 0.29) is 23.9 Å². The van der Waals surface area contributed by atoms with Crippen molar-refractivity contribution in [2.24, 2.45) is 0 Å². The summed E-state index contributed by atoms with van der Waals surface area (Å²) in [5.41, 5.74) is -0.367. The smallest absolute Gasteiger partial charge is 0.437 e. The number of nitrogens with zero attached hydrogens (tertiary/aromatic N) is 2. The third kappa shape index (κ3) is 3.34. The molecule has 0 aliphatic heterocycles. The Bertz CT molecular complexity index is 616. The summed E-state index contributed by atoms with van der Waals surface area (Å²) < 4.78 is 10.9. The van der Waals surface area contributed by atoms with Crippen LogP contribution in [0.3, 0.4) is 0 Å². The van der Waals surface area contributed by atoms with Gasteiger partial charge in [0, 0.05) is 5.54 Å². The minimum atomic E-state index is -0.699. The fourth-order valence-corrected chi connectivity index (χ4v) is 1.50. The van der Waals surface area contributed by atoms with E-state index in [0.29, 0.717) is 5.76 Å². The summed E-state index contributed by atoms with van der Waals surface area (Å²) in [6, 6.07) is 3.27. The zero-order valence-electron chi connectivity index (χ0n) is 11.0. The van der Waals surface area contributed by atoms with E-state index in [1.165, 1.54) is 6.26 Å². The molecule has 19 heavy (non-hydrogen) atoms. The van der Waals surface area contributed by atoms with Gasteiger partial charge in [-0.15, -0.1) is 5.10 Å². The number of rotatable bonds is 3. The summed E-state index contributed by atoms with van der Waals surface area (Å²) in [6.45, 7) is 5.36. The Kier molecular flexibility index (Phi) is 3.28. The molecule has 0 bridgehead atoms. The SMILES string of the molecule is CC(C)(C)NC(=O)Cn1nc(-c2ccco2)oc1=O. The molecular weight excluding hydrogens is 250 g/mol. The van der Waals surface area contributed by atoms with E-state index in [1.54, 1.807) is 12.1 Å². The van der Waals surface area contributed by atoms with Crippen LogP contribution in [0.5, 0.6) is 0 Å². The summed E-state index contributed by atoms with van der Waals surface area (Å²) >= 11 is 0. The molecule has 0 spiro atoms. The molecule has 0 atom stereocenters. The van der Waals surface area contributed by atoms with Crippen molar-refractivity contribution in [1.82, 2.24) is 15.1 Å². The Morgan fingerprint density at radius 3 is 2.79 bits per heavy atom. The number of amides is 1. The first kappa shape index (κ1) is 13.1. The maximum absolute atomic E-state index is 11.7. The second-order valence-corrected chi connectivity index (χ2v) is 5.11. The van der Waals surface area contributed by atoms with Crippen molar-refractivity contribution in [2.45, 2.75) is 32.9 Å². The van der Waals surface area contributed by atoms with Crippen LogP contribution in [0.15, 0.2) is 32.0 Å². The van der Waals surface area contributed by atoms with Gasteiger partial charge in [0.2, 0.25) is 5.91 Å². The largest absolute Gasteiger partial charge is 0.459 e. The van der Waals surface area contributed by atoms with Crippen LogP contribution in [0, 0.1) is 0 Å². The molecule has 1 N–H and O–H groups in total. The lowest BCUT2D eigenvalue weighted by molar-refractivity contribution is -0.123. The van der Waals surface area contributed by atoms with Gasteiger partial charge in [0.15, 0.2) is 5.76 Å². The van der Waals surface area contributed by atoms with E-state index in [0.717, 1.165) is 4.68 Å². The average molecular weight is 265 g/mol.